The number of hydrogen-bond acceptors (Lipinski definition) is 8. The maximum Gasteiger partial charge on any atom is 0.186 e. The molecule has 1 spiro atoms. The zero-order valence-electron chi connectivity index (χ0n) is 25.3. The Bertz CT molecular complexity index is 1020. The summed E-state index contributed by atoms with van der Waals surface area (Å²) in [5.41, 5.74) is 1.91. The van der Waals surface area contributed by atoms with Gasteiger partial charge in [-0.3, -0.25) is 0 Å². The Hall–Kier alpha value is -0.580. The Morgan fingerprint density at radius 1 is 0.976 bits per heavy atom. The summed E-state index contributed by atoms with van der Waals surface area (Å²) in [5, 5.41) is 40.4. The summed E-state index contributed by atoms with van der Waals surface area (Å²) in [4.78, 5) is 0. The van der Waals surface area contributed by atoms with Crippen molar-refractivity contribution in [1.29, 1.82) is 0 Å². The molecule has 7 rings (SSSR count). The van der Waals surface area contributed by atoms with Crippen molar-refractivity contribution in [2.24, 2.45) is 46.3 Å². The van der Waals surface area contributed by atoms with Gasteiger partial charge < -0.3 is 39.4 Å². The van der Waals surface area contributed by atoms with Crippen LogP contribution in [-0.4, -0.2) is 82.3 Å². The number of aliphatic hydroxyl groups is 4. The van der Waals surface area contributed by atoms with Crippen LogP contribution < -0.4 is 0 Å². The normalized spacial score (nSPS) is 58.3. The van der Waals surface area contributed by atoms with Crippen LogP contribution in [-0.2, 0) is 18.9 Å². The quantitative estimate of drug-likeness (QED) is 0.377. The standard InChI is InChI=1S/C33H52O8/c1-17-7-12-33(38-16-17)18(2)26-24(41-33)14-23-21-6-5-19-13-20(8-10-31(19,3)22(21)9-11-32(23,26)4)39-30-29(37)28(36)27(35)25(15-34)40-30/h5,17-18,20-30,34-37H,6-16H2,1-4H3/t17-,18-,20-,21+,22-,23-,24-,25+,26-,27+,28-,29+,30+,31-,32-,33+/m0/s1. The molecule has 3 saturated carbocycles. The molecular formula is C33H52O8. The number of hydrogen-bond donors (Lipinski definition) is 4. The Balaban J connectivity index is 1.05. The Morgan fingerprint density at radius 3 is 2.51 bits per heavy atom. The zero-order valence-corrected chi connectivity index (χ0v) is 25.3. The highest BCUT2D eigenvalue weighted by molar-refractivity contribution is 5.26. The molecule has 3 aliphatic heterocycles. The molecule has 0 bridgehead atoms. The van der Waals surface area contributed by atoms with E-state index in [9.17, 15) is 20.4 Å². The fraction of sp³-hybridized carbons (Fsp3) is 0.939. The summed E-state index contributed by atoms with van der Waals surface area (Å²) in [7, 11) is 0. The first-order valence-corrected chi connectivity index (χ1v) is 16.5. The van der Waals surface area contributed by atoms with Gasteiger partial charge in [-0.15, -0.1) is 0 Å². The first kappa shape index (κ1) is 29.1. The van der Waals surface area contributed by atoms with Gasteiger partial charge in [-0.2, -0.15) is 0 Å². The number of aliphatic hydroxyl groups excluding tert-OH is 4. The second-order valence-electron chi connectivity index (χ2n) is 15.5. The monoisotopic (exact) mass is 576 g/mol. The number of allylic oxidation sites excluding steroid dienone is 1. The number of rotatable bonds is 3. The van der Waals surface area contributed by atoms with Gasteiger partial charge in [0.2, 0.25) is 0 Å². The molecule has 3 saturated heterocycles. The molecule has 4 N–H and O–H groups in total. The van der Waals surface area contributed by atoms with E-state index in [0.717, 1.165) is 45.1 Å². The highest BCUT2D eigenvalue weighted by atomic mass is 16.7. The van der Waals surface area contributed by atoms with E-state index in [1.807, 2.05) is 0 Å². The van der Waals surface area contributed by atoms with E-state index in [-0.39, 0.29) is 17.3 Å². The van der Waals surface area contributed by atoms with Gasteiger partial charge in [-0.25, -0.2) is 0 Å². The van der Waals surface area contributed by atoms with Crippen molar-refractivity contribution in [3.05, 3.63) is 11.6 Å². The minimum Gasteiger partial charge on any atom is -0.394 e. The van der Waals surface area contributed by atoms with Crippen LogP contribution >= 0.6 is 0 Å². The van der Waals surface area contributed by atoms with Crippen molar-refractivity contribution in [2.75, 3.05) is 13.2 Å². The van der Waals surface area contributed by atoms with E-state index in [2.05, 4.69) is 33.8 Å². The van der Waals surface area contributed by atoms with Gasteiger partial charge in [-0.05, 0) is 91.8 Å². The van der Waals surface area contributed by atoms with Crippen LogP contribution in [0.1, 0.15) is 85.5 Å². The summed E-state index contributed by atoms with van der Waals surface area (Å²) in [5.74, 6) is 3.28. The minimum atomic E-state index is -1.41. The van der Waals surface area contributed by atoms with Crippen LogP contribution in [0.4, 0.5) is 0 Å². The lowest BCUT2D eigenvalue weighted by Crippen LogP contribution is -2.60. The molecule has 0 aromatic rings. The Kier molecular flexibility index (Phi) is 7.27. The number of ether oxygens (including phenoxy) is 4. The average Bonchev–Trinajstić information content (AvgIpc) is 3.40. The Labute approximate surface area is 244 Å². The van der Waals surface area contributed by atoms with Gasteiger partial charge in [0.1, 0.15) is 24.4 Å². The fourth-order valence-electron chi connectivity index (χ4n) is 11.1. The summed E-state index contributed by atoms with van der Waals surface area (Å²) in [6, 6.07) is 0. The van der Waals surface area contributed by atoms with Gasteiger partial charge in [0.25, 0.3) is 0 Å². The molecular weight excluding hydrogens is 524 g/mol. The summed E-state index contributed by atoms with van der Waals surface area (Å²) in [6.07, 6.45) is 6.24. The molecule has 6 fully saturated rings. The highest BCUT2D eigenvalue weighted by Crippen LogP contribution is 2.70. The summed E-state index contributed by atoms with van der Waals surface area (Å²) < 4.78 is 25.3. The molecule has 4 aliphatic carbocycles. The maximum atomic E-state index is 10.5. The van der Waals surface area contributed by atoms with Crippen molar-refractivity contribution in [2.45, 2.75) is 134 Å². The smallest absolute Gasteiger partial charge is 0.186 e. The van der Waals surface area contributed by atoms with Crippen LogP contribution in [0, 0.1) is 46.3 Å². The topological polar surface area (TPSA) is 118 Å². The van der Waals surface area contributed by atoms with Gasteiger partial charge >= 0.3 is 0 Å². The summed E-state index contributed by atoms with van der Waals surface area (Å²) >= 11 is 0. The van der Waals surface area contributed by atoms with Crippen LogP contribution in [0.15, 0.2) is 11.6 Å². The van der Waals surface area contributed by atoms with E-state index in [1.165, 1.54) is 24.8 Å². The Morgan fingerprint density at radius 2 is 1.78 bits per heavy atom. The molecule has 8 nitrogen and oxygen atoms in total. The molecule has 41 heavy (non-hydrogen) atoms. The molecule has 232 valence electrons. The van der Waals surface area contributed by atoms with Crippen molar-refractivity contribution in [3.63, 3.8) is 0 Å². The predicted octanol–water partition coefficient (Wildman–Crippen LogP) is 3.54. The van der Waals surface area contributed by atoms with Crippen molar-refractivity contribution in [3.8, 4) is 0 Å². The fourth-order valence-corrected chi connectivity index (χ4v) is 11.1. The first-order valence-electron chi connectivity index (χ1n) is 16.5. The molecule has 8 heteroatoms. The SMILES string of the molecule is C[C@H]1CC[C@@]2(OC1)O[C@H]1C[C@H]3[C@@H]4CC=C5C[C@@H](O[C@@H]6O[C@H](CO)[C@@H](O)[C@H](O)[C@H]6O)CC[C@]5(C)[C@H]4CC[C@]3(C)[C@H]1[C@@H]2C. The average molecular weight is 577 g/mol. The third kappa shape index (κ3) is 4.29. The lowest BCUT2D eigenvalue weighted by atomic mass is 9.47. The molecule has 16 atom stereocenters. The second kappa shape index (κ2) is 10.2. The van der Waals surface area contributed by atoms with Gasteiger partial charge in [-0.1, -0.05) is 39.3 Å². The molecule has 0 aromatic heterocycles. The third-order valence-electron chi connectivity index (χ3n) is 13.5. The maximum absolute atomic E-state index is 10.5. The number of fused-ring (bicyclic) bond motifs is 7. The van der Waals surface area contributed by atoms with Crippen LogP contribution in [0.3, 0.4) is 0 Å². The third-order valence-corrected chi connectivity index (χ3v) is 13.5. The highest BCUT2D eigenvalue weighted by Gasteiger charge is 2.68. The van der Waals surface area contributed by atoms with Gasteiger partial charge in [0, 0.05) is 12.3 Å². The zero-order chi connectivity index (χ0) is 28.9. The molecule has 0 unspecified atom stereocenters. The minimum absolute atomic E-state index is 0.129. The van der Waals surface area contributed by atoms with Crippen LogP contribution in [0.5, 0.6) is 0 Å². The van der Waals surface area contributed by atoms with E-state index in [4.69, 9.17) is 18.9 Å². The largest absolute Gasteiger partial charge is 0.394 e. The van der Waals surface area contributed by atoms with Gasteiger partial charge in [0.15, 0.2) is 12.1 Å². The first-order chi connectivity index (χ1) is 19.5. The van der Waals surface area contributed by atoms with E-state index in [0.29, 0.717) is 47.0 Å². The predicted molar refractivity (Wildman–Crippen MR) is 150 cm³/mol. The van der Waals surface area contributed by atoms with E-state index < -0.39 is 37.3 Å². The van der Waals surface area contributed by atoms with Crippen molar-refractivity contribution < 1.29 is 39.4 Å². The van der Waals surface area contributed by atoms with Crippen LogP contribution in [0.2, 0.25) is 0 Å². The molecule has 0 aromatic carbocycles. The van der Waals surface area contributed by atoms with E-state index in [1.54, 1.807) is 0 Å². The van der Waals surface area contributed by atoms with Gasteiger partial charge in [0.05, 0.1) is 25.4 Å². The molecule has 0 radical (unpaired) electrons. The lowest BCUT2D eigenvalue weighted by molar-refractivity contribution is -0.313. The summed E-state index contributed by atoms with van der Waals surface area (Å²) in [6.45, 7) is 10.1. The van der Waals surface area contributed by atoms with Crippen molar-refractivity contribution in [1.82, 2.24) is 0 Å². The van der Waals surface area contributed by atoms with Crippen LogP contribution in [0.25, 0.3) is 0 Å². The molecule has 0 amide bonds. The van der Waals surface area contributed by atoms with Crippen molar-refractivity contribution >= 4 is 0 Å². The lowest BCUT2D eigenvalue weighted by Gasteiger charge is -2.58. The van der Waals surface area contributed by atoms with E-state index >= 15 is 0 Å². The second-order valence-corrected chi connectivity index (χ2v) is 15.5. The molecule has 7 aliphatic rings. The molecule has 3 heterocycles.